The van der Waals surface area contributed by atoms with Gasteiger partial charge in [-0.1, -0.05) is 30.0 Å². The molecule has 0 aliphatic rings. The molecule has 0 atom stereocenters. The Bertz CT molecular complexity index is 1210. The molecule has 32 heavy (non-hydrogen) atoms. The monoisotopic (exact) mass is 476 g/mol. The van der Waals surface area contributed by atoms with Crippen molar-refractivity contribution in [1.82, 2.24) is 24.5 Å². The predicted octanol–water partition coefficient (Wildman–Crippen LogP) is 2.35. The summed E-state index contributed by atoms with van der Waals surface area (Å²) in [5.41, 5.74) is 1.65. The quantitative estimate of drug-likeness (QED) is 0.468. The third kappa shape index (κ3) is 5.26. The zero-order chi connectivity index (χ0) is 23.3. The Labute approximate surface area is 191 Å². The van der Waals surface area contributed by atoms with Gasteiger partial charge < -0.3 is 10.1 Å². The number of amides is 1. The second-order valence-electron chi connectivity index (χ2n) is 6.88. The lowest BCUT2D eigenvalue weighted by atomic mass is 10.2. The zero-order valence-corrected chi connectivity index (χ0v) is 19.8. The molecular formula is C20H24N6O4S2. The fourth-order valence-electron chi connectivity index (χ4n) is 2.81. The molecule has 0 fully saturated rings. The van der Waals surface area contributed by atoms with Crippen LogP contribution in [0.4, 0.5) is 5.69 Å². The van der Waals surface area contributed by atoms with Crippen LogP contribution >= 0.6 is 11.8 Å². The van der Waals surface area contributed by atoms with Crippen molar-refractivity contribution in [2.75, 3.05) is 31.8 Å². The fourth-order valence-corrected chi connectivity index (χ4v) is 4.64. The molecule has 0 spiro atoms. The molecule has 1 N–H and O–H groups in total. The molecule has 0 radical (unpaired) electrons. The van der Waals surface area contributed by atoms with Gasteiger partial charge in [-0.3, -0.25) is 4.79 Å². The van der Waals surface area contributed by atoms with Gasteiger partial charge in [0.05, 0.1) is 17.3 Å². The SMILES string of the molecule is CCOc1ccccc1-n1nnnc1SCC(=O)Nc1ccc(C)c(S(=O)(=O)N(C)C)c1. The number of benzene rings is 2. The first-order chi connectivity index (χ1) is 15.2. The number of hydrogen-bond acceptors (Lipinski definition) is 8. The van der Waals surface area contributed by atoms with Gasteiger partial charge in [-0.2, -0.15) is 4.68 Å². The summed E-state index contributed by atoms with van der Waals surface area (Å²) in [5.74, 6) is 0.337. The first-order valence-electron chi connectivity index (χ1n) is 9.70. The highest BCUT2D eigenvalue weighted by Gasteiger charge is 2.21. The molecule has 0 unspecified atom stereocenters. The fraction of sp³-hybridized carbons (Fsp3) is 0.300. The van der Waals surface area contributed by atoms with Crippen molar-refractivity contribution in [2.24, 2.45) is 0 Å². The minimum Gasteiger partial charge on any atom is -0.492 e. The van der Waals surface area contributed by atoms with Crippen molar-refractivity contribution in [3.05, 3.63) is 48.0 Å². The van der Waals surface area contributed by atoms with Crippen LogP contribution in [-0.2, 0) is 14.8 Å². The molecular weight excluding hydrogens is 452 g/mol. The highest BCUT2D eigenvalue weighted by molar-refractivity contribution is 7.99. The van der Waals surface area contributed by atoms with Crippen molar-refractivity contribution in [2.45, 2.75) is 23.9 Å². The maximum Gasteiger partial charge on any atom is 0.242 e. The van der Waals surface area contributed by atoms with E-state index in [1.165, 1.54) is 24.8 Å². The van der Waals surface area contributed by atoms with Gasteiger partial charge >= 0.3 is 0 Å². The van der Waals surface area contributed by atoms with E-state index in [0.717, 1.165) is 16.1 Å². The van der Waals surface area contributed by atoms with Crippen molar-refractivity contribution < 1.29 is 17.9 Å². The minimum absolute atomic E-state index is 0.0286. The molecule has 10 nitrogen and oxygen atoms in total. The van der Waals surface area contributed by atoms with Gasteiger partial charge in [0.1, 0.15) is 11.4 Å². The molecule has 1 aromatic heterocycles. The van der Waals surface area contributed by atoms with Gasteiger partial charge in [0.2, 0.25) is 21.1 Å². The lowest BCUT2D eigenvalue weighted by molar-refractivity contribution is -0.113. The van der Waals surface area contributed by atoms with Crippen molar-refractivity contribution in [3.8, 4) is 11.4 Å². The average molecular weight is 477 g/mol. The Morgan fingerprint density at radius 3 is 2.69 bits per heavy atom. The second kappa shape index (κ2) is 10.1. The number of thioether (sulfide) groups is 1. The topological polar surface area (TPSA) is 119 Å². The van der Waals surface area contributed by atoms with E-state index in [1.54, 1.807) is 19.1 Å². The Hall–Kier alpha value is -2.96. The number of aromatic nitrogens is 4. The summed E-state index contributed by atoms with van der Waals surface area (Å²) in [7, 11) is -0.698. The standard InChI is InChI=1S/C20H24N6O4S2/c1-5-30-17-9-7-6-8-16(17)26-20(22-23-24-26)31-13-19(27)21-15-11-10-14(2)18(12-15)32(28,29)25(3)4/h6-12H,5,13H2,1-4H3,(H,21,27). The lowest BCUT2D eigenvalue weighted by Crippen LogP contribution is -2.23. The molecule has 1 amide bonds. The Morgan fingerprint density at radius 2 is 1.97 bits per heavy atom. The van der Waals surface area contributed by atoms with Crippen molar-refractivity contribution in [1.29, 1.82) is 0 Å². The number of nitrogens with zero attached hydrogens (tertiary/aromatic N) is 5. The molecule has 0 saturated carbocycles. The number of carbonyl (C=O) groups is 1. The molecule has 170 valence electrons. The van der Waals surface area contributed by atoms with Crippen molar-refractivity contribution in [3.63, 3.8) is 0 Å². The van der Waals surface area contributed by atoms with Crippen LogP contribution in [0.3, 0.4) is 0 Å². The second-order valence-corrected chi connectivity index (χ2v) is 9.94. The minimum atomic E-state index is -3.62. The van der Waals surface area contributed by atoms with E-state index in [0.29, 0.717) is 34.5 Å². The Balaban J connectivity index is 1.72. The summed E-state index contributed by atoms with van der Waals surface area (Å²) in [6.45, 7) is 4.08. The molecule has 0 aliphatic carbocycles. The van der Waals surface area contributed by atoms with Crippen molar-refractivity contribution >= 4 is 33.4 Å². The average Bonchev–Trinajstić information content (AvgIpc) is 3.22. The molecule has 1 heterocycles. The van der Waals surface area contributed by atoms with Gasteiger partial charge in [0, 0.05) is 19.8 Å². The number of ether oxygens (including phenoxy) is 1. The molecule has 0 saturated heterocycles. The summed E-state index contributed by atoms with van der Waals surface area (Å²) < 4.78 is 33.3. The van der Waals surface area contributed by atoms with E-state index in [2.05, 4.69) is 20.8 Å². The predicted molar refractivity (Wildman–Crippen MR) is 122 cm³/mol. The van der Waals surface area contributed by atoms with Gasteiger partial charge in [-0.05, 0) is 54.1 Å². The number of rotatable bonds is 9. The van der Waals surface area contributed by atoms with Crippen LogP contribution in [0, 0.1) is 6.92 Å². The Kier molecular flexibility index (Phi) is 7.48. The summed E-state index contributed by atoms with van der Waals surface area (Å²) in [4.78, 5) is 12.7. The van der Waals surface area contributed by atoms with E-state index in [1.807, 2.05) is 31.2 Å². The van der Waals surface area contributed by atoms with Crippen LogP contribution in [0.2, 0.25) is 0 Å². The highest BCUT2D eigenvalue weighted by Crippen LogP contribution is 2.26. The number of tetrazole rings is 1. The molecule has 3 aromatic rings. The number of para-hydroxylation sites is 2. The van der Waals surface area contributed by atoms with Gasteiger partial charge in [-0.15, -0.1) is 5.10 Å². The van der Waals surface area contributed by atoms with Crippen LogP contribution in [0.5, 0.6) is 5.75 Å². The lowest BCUT2D eigenvalue weighted by Gasteiger charge is -2.15. The van der Waals surface area contributed by atoms with Crippen LogP contribution in [0.15, 0.2) is 52.5 Å². The molecule has 3 rings (SSSR count). The zero-order valence-electron chi connectivity index (χ0n) is 18.1. The van der Waals surface area contributed by atoms with E-state index in [9.17, 15) is 13.2 Å². The van der Waals surface area contributed by atoms with E-state index >= 15 is 0 Å². The third-order valence-corrected chi connectivity index (χ3v) is 7.27. The number of aryl methyl sites for hydroxylation is 1. The molecule has 0 bridgehead atoms. The largest absolute Gasteiger partial charge is 0.492 e. The van der Waals surface area contributed by atoms with Gasteiger partial charge in [-0.25, -0.2) is 12.7 Å². The summed E-state index contributed by atoms with van der Waals surface area (Å²) in [6, 6.07) is 12.1. The number of nitrogens with one attached hydrogen (secondary N) is 1. The van der Waals surface area contributed by atoms with E-state index in [4.69, 9.17) is 4.74 Å². The summed E-state index contributed by atoms with van der Waals surface area (Å²) in [6.07, 6.45) is 0. The third-order valence-electron chi connectivity index (χ3n) is 4.40. The molecule has 2 aromatic carbocycles. The maximum absolute atomic E-state index is 12.5. The van der Waals surface area contributed by atoms with Gasteiger partial charge in [0.15, 0.2) is 0 Å². The first-order valence-corrected chi connectivity index (χ1v) is 12.1. The number of carbonyl (C=O) groups excluding carboxylic acids is 1. The molecule has 12 heteroatoms. The number of anilines is 1. The summed E-state index contributed by atoms with van der Waals surface area (Å²) >= 11 is 1.15. The Morgan fingerprint density at radius 1 is 1.22 bits per heavy atom. The smallest absolute Gasteiger partial charge is 0.242 e. The summed E-state index contributed by atoms with van der Waals surface area (Å²) in [5, 5.41) is 14.9. The molecule has 0 aliphatic heterocycles. The number of sulfonamides is 1. The van der Waals surface area contributed by atoms with Crippen LogP contribution in [0.1, 0.15) is 12.5 Å². The first kappa shape index (κ1) is 23.7. The van der Waals surface area contributed by atoms with Crippen LogP contribution < -0.4 is 10.1 Å². The normalized spacial score (nSPS) is 11.5. The number of hydrogen-bond donors (Lipinski definition) is 1. The highest BCUT2D eigenvalue weighted by atomic mass is 32.2. The van der Waals surface area contributed by atoms with Crippen LogP contribution in [0.25, 0.3) is 5.69 Å². The maximum atomic E-state index is 12.5. The van der Waals surface area contributed by atoms with E-state index < -0.39 is 10.0 Å². The van der Waals surface area contributed by atoms with Gasteiger partial charge in [0.25, 0.3) is 0 Å². The van der Waals surface area contributed by atoms with E-state index in [-0.39, 0.29) is 16.6 Å². The van der Waals surface area contributed by atoms with Crippen LogP contribution in [-0.4, -0.2) is 65.3 Å².